The van der Waals surface area contributed by atoms with E-state index < -0.39 is 0 Å². The first-order valence-electron chi connectivity index (χ1n) is 14.7. The van der Waals surface area contributed by atoms with Crippen molar-refractivity contribution in [1.29, 1.82) is 0 Å². The van der Waals surface area contributed by atoms with Gasteiger partial charge in [-0.05, 0) is 104 Å². The number of ether oxygens (including phenoxy) is 1. The van der Waals surface area contributed by atoms with E-state index in [4.69, 9.17) is 4.74 Å². The van der Waals surface area contributed by atoms with E-state index >= 15 is 0 Å². The van der Waals surface area contributed by atoms with Gasteiger partial charge < -0.3 is 4.74 Å². The SMILES string of the molecule is CCC(=O)O[C@H]1CC[C@@]2(C)C(=CC[C@H]3[C@@H]4CC[C@H]([C@H](C)/C=C/[C@@H](CC)C(C)C)[C@@]4(C)CC[C@@H]32)C1. The summed E-state index contributed by atoms with van der Waals surface area (Å²) in [7, 11) is 0. The fourth-order valence-corrected chi connectivity index (χ4v) is 9.18. The van der Waals surface area contributed by atoms with Gasteiger partial charge >= 0.3 is 5.97 Å². The molecule has 0 aliphatic heterocycles. The van der Waals surface area contributed by atoms with Crippen LogP contribution in [0, 0.1) is 52.3 Å². The summed E-state index contributed by atoms with van der Waals surface area (Å²) in [5.41, 5.74) is 2.44. The highest BCUT2D eigenvalue weighted by atomic mass is 16.5. The molecule has 0 aromatic carbocycles. The minimum atomic E-state index is -0.0323. The first kappa shape index (κ1) is 26.0. The Labute approximate surface area is 210 Å². The molecule has 3 fully saturated rings. The van der Waals surface area contributed by atoms with E-state index in [1.807, 2.05) is 6.92 Å². The molecular formula is C32H52O2. The van der Waals surface area contributed by atoms with Gasteiger partial charge in [0.15, 0.2) is 0 Å². The van der Waals surface area contributed by atoms with Crippen molar-refractivity contribution in [1.82, 2.24) is 0 Å². The van der Waals surface area contributed by atoms with Crippen LogP contribution in [0.15, 0.2) is 23.8 Å². The minimum absolute atomic E-state index is 0.0323. The van der Waals surface area contributed by atoms with Gasteiger partial charge in [0.05, 0.1) is 0 Å². The third-order valence-corrected chi connectivity index (χ3v) is 11.3. The van der Waals surface area contributed by atoms with Gasteiger partial charge in [-0.2, -0.15) is 0 Å². The summed E-state index contributed by atoms with van der Waals surface area (Å²) in [5, 5.41) is 0. The fraction of sp³-hybridized carbons (Fsp3) is 0.844. The Morgan fingerprint density at radius 1 is 1.06 bits per heavy atom. The average Bonchev–Trinajstić information content (AvgIpc) is 3.16. The molecule has 0 radical (unpaired) electrons. The first-order chi connectivity index (χ1) is 16.1. The maximum Gasteiger partial charge on any atom is 0.305 e. The van der Waals surface area contributed by atoms with Crippen molar-refractivity contribution in [3.8, 4) is 0 Å². The lowest BCUT2D eigenvalue weighted by atomic mass is 9.47. The molecule has 0 N–H and O–H groups in total. The molecule has 4 rings (SSSR count). The molecule has 0 spiro atoms. The molecule has 2 nitrogen and oxygen atoms in total. The van der Waals surface area contributed by atoms with E-state index in [1.54, 1.807) is 5.57 Å². The second kappa shape index (κ2) is 10.1. The summed E-state index contributed by atoms with van der Waals surface area (Å²) in [5.74, 6) is 5.50. The number of fused-ring (bicyclic) bond motifs is 5. The highest BCUT2D eigenvalue weighted by Gasteiger charge is 2.59. The van der Waals surface area contributed by atoms with Gasteiger partial charge in [0.1, 0.15) is 6.10 Å². The Bertz CT molecular complexity index is 793. The third kappa shape index (κ3) is 4.57. The second-order valence-corrected chi connectivity index (χ2v) is 13.3. The van der Waals surface area contributed by atoms with Crippen molar-refractivity contribution in [3.05, 3.63) is 23.8 Å². The molecule has 3 saturated carbocycles. The smallest absolute Gasteiger partial charge is 0.305 e. The molecular weight excluding hydrogens is 416 g/mol. The van der Waals surface area contributed by atoms with Crippen LogP contribution >= 0.6 is 0 Å². The highest BCUT2D eigenvalue weighted by Crippen LogP contribution is 2.67. The van der Waals surface area contributed by atoms with E-state index in [0.717, 1.165) is 48.3 Å². The van der Waals surface area contributed by atoms with Crippen LogP contribution in [-0.4, -0.2) is 12.1 Å². The molecule has 0 heterocycles. The molecule has 0 aromatic heterocycles. The van der Waals surface area contributed by atoms with Crippen molar-refractivity contribution in [2.75, 3.05) is 0 Å². The van der Waals surface area contributed by atoms with Gasteiger partial charge in [0, 0.05) is 12.8 Å². The Hall–Kier alpha value is -1.05. The maximum absolute atomic E-state index is 11.9. The molecule has 4 aliphatic carbocycles. The molecule has 0 saturated heterocycles. The Morgan fingerprint density at radius 2 is 1.82 bits per heavy atom. The summed E-state index contributed by atoms with van der Waals surface area (Å²) in [6.07, 6.45) is 19.7. The molecule has 9 atom stereocenters. The highest BCUT2D eigenvalue weighted by molar-refractivity contribution is 5.69. The van der Waals surface area contributed by atoms with Crippen molar-refractivity contribution in [2.24, 2.45) is 52.3 Å². The van der Waals surface area contributed by atoms with Gasteiger partial charge in [-0.1, -0.05) is 72.3 Å². The van der Waals surface area contributed by atoms with E-state index in [2.05, 4.69) is 59.8 Å². The number of carbonyl (C=O) groups excluding carboxylic acids is 1. The van der Waals surface area contributed by atoms with Crippen LogP contribution < -0.4 is 0 Å². The fourth-order valence-electron chi connectivity index (χ4n) is 9.18. The van der Waals surface area contributed by atoms with Crippen LogP contribution in [0.25, 0.3) is 0 Å². The Morgan fingerprint density at radius 3 is 2.50 bits per heavy atom. The zero-order valence-electron chi connectivity index (χ0n) is 23.2. The molecule has 2 heteroatoms. The van der Waals surface area contributed by atoms with Gasteiger partial charge in [-0.3, -0.25) is 4.79 Å². The van der Waals surface area contributed by atoms with Crippen LogP contribution in [0.1, 0.15) is 113 Å². The van der Waals surface area contributed by atoms with E-state index in [9.17, 15) is 4.79 Å². The van der Waals surface area contributed by atoms with Gasteiger partial charge in [0.25, 0.3) is 0 Å². The number of allylic oxidation sites excluding steroid dienone is 3. The van der Waals surface area contributed by atoms with Gasteiger partial charge in [-0.15, -0.1) is 0 Å². The van der Waals surface area contributed by atoms with Crippen LogP contribution in [0.2, 0.25) is 0 Å². The monoisotopic (exact) mass is 468 g/mol. The van der Waals surface area contributed by atoms with Crippen LogP contribution in [0.4, 0.5) is 0 Å². The first-order valence-corrected chi connectivity index (χ1v) is 14.7. The standard InChI is InChI=1S/C32H52O2/c1-8-23(21(3)4)11-10-22(5)27-14-15-28-26-13-12-24-20-25(34-30(33)9-2)16-18-31(24,6)29(26)17-19-32(27,28)7/h10-12,21-23,25-29H,8-9,13-20H2,1-7H3/b11-10+/t22-,23-,25+,26+,27-,28+,29+,31+,32-/m1/s1. The summed E-state index contributed by atoms with van der Waals surface area (Å²) >= 11 is 0. The number of carbonyl (C=O) groups is 1. The number of hydrogen-bond acceptors (Lipinski definition) is 2. The molecule has 0 amide bonds. The van der Waals surface area contributed by atoms with E-state index in [-0.39, 0.29) is 12.1 Å². The molecule has 0 unspecified atom stereocenters. The lowest BCUT2D eigenvalue weighted by Gasteiger charge is -2.58. The van der Waals surface area contributed by atoms with Crippen molar-refractivity contribution in [2.45, 2.75) is 119 Å². The zero-order valence-corrected chi connectivity index (χ0v) is 23.2. The number of esters is 1. The topological polar surface area (TPSA) is 26.3 Å². The molecule has 4 aliphatic rings. The van der Waals surface area contributed by atoms with Crippen LogP contribution in [0.5, 0.6) is 0 Å². The molecule has 0 aromatic rings. The van der Waals surface area contributed by atoms with E-state index in [0.29, 0.717) is 23.2 Å². The molecule has 34 heavy (non-hydrogen) atoms. The van der Waals surface area contributed by atoms with Crippen molar-refractivity contribution in [3.63, 3.8) is 0 Å². The van der Waals surface area contributed by atoms with Crippen molar-refractivity contribution >= 4 is 5.97 Å². The molecule has 0 bridgehead atoms. The Kier molecular flexibility index (Phi) is 7.76. The third-order valence-electron chi connectivity index (χ3n) is 11.3. The summed E-state index contributed by atoms with van der Waals surface area (Å²) < 4.78 is 5.77. The number of hydrogen-bond donors (Lipinski definition) is 0. The Balaban J connectivity index is 1.48. The second-order valence-electron chi connectivity index (χ2n) is 13.3. The quantitative estimate of drug-likeness (QED) is 0.276. The predicted molar refractivity (Wildman–Crippen MR) is 142 cm³/mol. The average molecular weight is 469 g/mol. The normalized spacial score (nSPS) is 41.4. The van der Waals surface area contributed by atoms with Gasteiger partial charge in [-0.25, -0.2) is 0 Å². The molecule has 192 valence electrons. The predicted octanol–water partition coefficient (Wildman–Crippen LogP) is 8.76. The largest absolute Gasteiger partial charge is 0.462 e. The summed E-state index contributed by atoms with van der Waals surface area (Å²) in [6, 6.07) is 0. The number of rotatable bonds is 7. The van der Waals surface area contributed by atoms with Crippen LogP contribution in [0.3, 0.4) is 0 Å². The lowest BCUT2D eigenvalue weighted by Crippen LogP contribution is -2.51. The zero-order chi connectivity index (χ0) is 24.7. The van der Waals surface area contributed by atoms with Crippen LogP contribution in [-0.2, 0) is 9.53 Å². The van der Waals surface area contributed by atoms with Crippen molar-refractivity contribution < 1.29 is 9.53 Å². The summed E-state index contributed by atoms with van der Waals surface area (Å²) in [4.78, 5) is 11.9. The maximum atomic E-state index is 11.9. The minimum Gasteiger partial charge on any atom is -0.462 e. The summed E-state index contributed by atoms with van der Waals surface area (Å²) in [6.45, 7) is 16.7. The van der Waals surface area contributed by atoms with E-state index in [1.165, 1.54) is 44.9 Å². The van der Waals surface area contributed by atoms with Gasteiger partial charge in [0.2, 0.25) is 0 Å². The lowest BCUT2D eigenvalue weighted by molar-refractivity contribution is -0.151.